The van der Waals surface area contributed by atoms with Gasteiger partial charge >= 0.3 is 0 Å². The summed E-state index contributed by atoms with van der Waals surface area (Å²) in [6.45, 7) is 8.05. The normalized spacial score (nSPS) is 12.5. The molecule has 2 aromatic carbocycles. The van der Waals surface area contributed by atoms with Crippen molar-refractivity contribution < 1.29 is 19.1 Å². The lowest BCUT2D eigenvalue weighted by atomic mass is 10.1. The Morgan fingerprint density at radius 2 is 1.74 bits per heavy atom. The lowest BCUT2D eigenvalue weighted by Crippen LogP contribution is -2.51. The van der Waals surface area contributed by atoms with Gasteiger partial charge in [0.2, 0.25) is 5.91 Å². The molecule has 0 radical (unpaired) electrons. The highest BCUT2D eigenvalue weighted by Gasteiger charge is 2.29. The van der Waals surface area contributed by atoms with Crippen LogP contribution in [0.1, 0.15) is 44.7 Å². The monoisotopic (exact) mass is 426 g/mol. The zero-order valence-corrected chi connectivity index (χ0v) is 19.2. The van der Waals surface area contributed by atoms with Gasteiger partial charge in [-0.1, -0.05) is 55.8 Å². The van der Waals surface area contributed by atoms with Crippen LogP contribution in [0.25, 0.3) is 0 Å². The van der Waals surface area contributed by atoms with E-state index in [1.807, 2.05) is 64.1 Å². The van der Waals surface area contributed by atoms with E-state index in [1.54, 1.807) is 24.1 Å². The standard InChI is InChI=1S/C25H34N2O4/c1-6-19(4)26-25(29)21(7-2)27(16-20-12-10-11-18(3)15-20)24(28)17-31-23-14-9-8-13-22(23)30-5/h8-15,19,21H,6-7,16-17H2,1-5H3,(H,26,29). The minimum absolute atomic E-state index is 0.0438. The van der Waals surface area contributed by atoms with Gasteiger partial charge in [-0.3, -0.25) is 9.59 Å². The van der Waals surface area contributed by atoms with Gasteiger partial charge in [0.25, 0.3) is 5.91 Å². The number of benzene rings is 2. The van der Waals surface area contributed by atoms with Crippen LogP contribution in [0.15, 0.2) is 48.5 Å². The quantitative estimate of drug-likeness (QED) is 0.587. The summed E-state index contributed by atoms with van der Waals surface area (Å²) < 4.78 is 11.1. The first-order chi connectivity index (χ1) is 14.9. The van der Waals surface area contributed by atoms with Gasteiger partial charge in [0, 0.05) is 12.6 Å². The number of nitrogens with zero attached hydrogens (tertiary/aromatic N) is 1. The molecule has 0 bridgehead atoms. The number of rotatable bonds is 11. The van der Waals surface area contributed by atoms with Gasteiger partial charge in [-0.25, -0.2) is 0 Å². The number of ether oxygens (including phenoxy) is 2. The zero-order valence-electron chi connectivity index (χ0n) is 19.2. The van der Waals surface area contributed by atoms with Gasteiger partial charge < -0.3 is 19.7 Å². The molecular formula is C25H34N2O4. The Kier molecular flexibility index (Phi) is 9.38. The number of para-hydroxylation sites is 2. The van der Waals surface area contributed by atoms with Gasteiger partial charge in [-0.2, -0.15) is 0 Å². The summed E-state index contributed by atoms with van der Waals surface area (Å²) in [6, 6.07) is 14.6. The van der Waals surface area contributed by atoms with Crippen molar-refractivity contribution >= 4 is 11.8 Å². The molecule has 1 N–H and O–H groups in total. The van der Waals surface area contributed by atoms with Crippen molar-refractivity contribution in [3.63, 3.8) is 0 Å². The first-order valence-electron chi connectivity index (χ1n) is 10.8. The third-order valence-corrected chi connectivity index (χ3v) is 5.24. The Balaban J connectivity index is 2.24. The summed E-state index contributed by atoms with van der Waals surface area (Å²) in [5.41, 5.74) is 2.08. The second-order valence-electron chi connectivity index (χ2n) is 7.69. The molecule has 0 aliphatic carbocycles. The molecule has 2 rings (SSSR count). The predicted molar refractivity (Wildman–Crippen MR) is 122 cm³/mol. The summed E-state index contributed by atoms with van der Waals surface area (Å²) in [5, 5.41) is 3.01. The third-order valence-electron chi connectivity index (χ3n) is 5.24. The van der Waals surface area contributed by atoms with E-state index in [-0.39, 0.29) is 24.5 Å². The summed E-state index contributed by atoms with van der Waals surface area (Å²) in [4.78, 5) is 27.8. The number of methoxy groups -OCH3 is 1. The summed E-state index contributed by atoms with van der Waals surface area (Å²) in [6.07, 6.45) is 1.33. The van der Waals surface area contributed by atoms with Crippen LogP contribution in [0.4, 0.5) is 0 Å². The number of carbonyl (C=O) groups is 2. The number of hydrogen-bond acceptors (Lipinski definition) is 4. The van der Waals surface area contributed by atoms with Gasteiger partial charge in [0.05, 0.1) is 7.11 Å². The van der Waals surface area contributed by atoms with Crippen molar-refractivity contribution in [1.82, 2.24) is 10.2 Å². The van der Waals surface area contributed by atoms with E-state index in [1.165, 1.54) is 0 Å². The van der Waals surface area contributed by atoms with Gasteiger partial charge in [-0.15, -0.1) is 0 Å². The van der Waals surface area contributed by atoms with Crippen LogP contribution in [0, 0.1) is 6.92 Å². The lowest BCUT2D eigenvalue weighted by molar-refractivity contribution is -0.143. The number of hydrogen-bond donors (Lipinski definition) is 1. The molecule has 31 heavy (non-hydrogen) atoms. The topological polar surface area (TPSA) is 67.9 Å². The zero-order chi connectivity index (χ0) is 22.8. The Labute approximate surface area is 185 Å². The van der Waals surface area contributed by atoms with Gasteiger partial charge in [0.1, 0.15) is 6.04 Å². The number of aryl methyl sites for hydroxylation is 1. The molecule has 0 aromatic heterocycles. The Morgan fingerprint density at radius 3 is 2.35 bits per heavy atom. The first-order valence-corrected chi connectivity index (χ1v) is 10.8. The number of amides is 2. The van der Waals surface area contributed by atoms with E-state index >= 15 is 0 Å². The fourth-order valence-corrected chi connectivity index (χ4v) is 3.33. The minimum Gasteiger partial charge on any atom is -0.493 e. The maximum Gasteiger partial charge on any atom is 0.261 e. The molecule has 2 aromatic rings. The Morgan fingerprint density at radius 1 is 1.03 bits per heavy atom. The van der Waals surface area contributed by atoms with E-state index in [4.69, 9.17) is 9.47 Å². The Hall–Kier alpha value is -3.02. The SMILES string of the molecule is CCC(C)NC(=O)C(CC)N(Cc1cccc(C)c1)C(=O)COc1ccccc1OC. The summed E-state index contributed by atoms with van der Waals surface area (Å²) in [5.74, 6) is 0.654. The molecule has 2 amide bonds. The van der Waals surface area contributed by atoms with Crippen LogP contribution in [0.2, 0.25) is 0 Å². The van der Waals surface area contributed by atoms with Crippen LogP contribution in [0.3, 0.4) is 0 Å². The van der Waals surface area contributed by atoms with Crippen molar-refractivity contribution in [2.75, 3.05) is 13.7 Å². The van der Waals surface area contributed by atoms with Crippen molar-refractivity contribution in [2.24, 2.45) is 0 Å². The highest BCUT2D eigenvalue weighted by molar-refractivity contribution is 5.88. The van der Waals surface area contributed by atoms with E-state index in [0.717, 1.165) is 17.5 Å². The van der Waals surface area contributed by atoms with Crippen LogP contribution in [-0.4, -0.2) is 42.5 Å². The van der Waals surface area contributed by atoms with Crippen molar-refractivity contribution in [3.05, 3.63) is 59.7 Å². The van der Waals surface area contributed by atoms with Crippen molar-refractivity contribution in [1.29, 1.82) is 0 Å². The van der Waals surface area contributed by atoms with Gasteiger partial charge in [-0.05, 0) is 44.4 Å². The summed E-state index contributed by atoms with van der Waals surface area (Å²) >= 11 is 0. The van der Waals surface area contributed by atoms with Crippen LogP contribution >= 0.6 is 0 Å². The average Bonchev–Trinajstić information content (AvgIpc) is 2.77. The van der Waals surface area contributed by atoms with E-state index in [0.29, 0.717) is 24.5 Å². The molecule has 0 heterocycles. The average molecular weight is 427 g/mol. The molecular weight excluding hydrogens is 392 g/mol. The van der Waals surface area contributed by atoms with Crippen LogP contribution < -0.4 is 14.8 Å². The highest BCUT2D eigenvalue weighted by Crippen LogP contribution is 2.26. The fraction of sp³-hybridized carbons (Fsp3) is 0.440. The highest BCUT2D eigenvalue weighted by atomic mass is 16.5. The second-order valence-corrected chi connectivity index (χ2v) is 7.69. The Bertz CT molecular complexity index is 868. The van der Waals surface area contributed by atoms with Gasteiger partial charge in [0.15, 0.2) is 18.1 Å². The van der Waals surface area contributed by atoms with E-state index in [2.05, 4.69) is 5.32 Å². The molecule has 0 saturated carbocycles. The molecule has 0 fully saturated rings. The largest absolute Gasteiger partial charge is 0.493 e. The smallest absolute Gasteiger partial charge is 0.261 e. The van der Waals surface area contributed by atoms with E-state index < -0.39 is 6.04 Å². The minimum atomic E-state index is -0.580. The summed E-state index contributed by atoms with van der Waals surface area (Å²) in [7, 11) is 1.56. The second kappa shape index (κ2) is 12.0. The molecule has 2 atom stereocenters. The number of carbonyl (C=O) groups excluding carboxylic acids is 2. The van der Waals surface area contributed by atoms with Crippen molar-refractivity contribution in [3.8, 4) is 11.5 Å². The maximum atomic E-state index is 13.2. The van der Waals surface area contributed by atoms with Crippen LogP contribution in [0.5, 0.6) is 11.5 Å². The van der Waals surface area contributed by atoms with Crippen LogP contribution in [-0.2, 0) is 16.1 Å². The molecule has 0 saturated heterocycles. The molecule has 6 nitrogen and oxygen atoms in total. The molecule has 0 aliphatic heterocycles. The third kappa shape index (κ3) is 7.02. The fourth-order valence-electron chi connectivity index (χ4n) is 3.33. The molecule has 6 heteroatoms. The maximum absolute atomic E-state index is 13.2. The molecule has 168 valence electrons. The molecule has 0 spiro atoms. The predicted octanol–water partition coefficient (Wildman–Crippen LogP) is 4.10. The molecule has 0 aliphatic rings. The first kappa shape index (κ1) is 24.3. The molecule has 2 unspecified atom stereocenters. The van der Waals surface area contributed by atoms with E-state index in [9.17, 15) is 9.59 Å². The lowest BCUT2D eigenvalue weighted by Gasteiger charge is -2.31. The number of nitrogens with one attached hydrogen (secondary N) is 1. The van der Waals surface area contributed by atoms with Crippen molar-refractivity contribution in [2.45, 2.75) is 59.2 Å².